The molecule has 4 rings (SSSR count). The minimum Gasteiger partial charge on any atom is -0.463 e. The standard InChI is InChI=1S/C18H19N5O/c1-13-4-2-8-23(12-13)18-21-10-14(15-11-19-6-7-20-15)17(22-18)16-5-3-9-24-16/h3,5-7,9-11,13H,2,4,8,12H2,1H3. The van der Waals surface area contributed by atoms with Crippen molar-refractivity contribution >= 4 is 5.95 Å². The van der Waals surface area contributed by atoms with Gasteiger partial charge < -0.3 is 9.32 Å². The van der Waals surface area contributed by atoms with E-state index in [1.165, 1.54) is 12.8 Å². The lowest BCUT2D eigenvalue weighted by Crippen LogP contribution is -2.35. The van der Waals surface area contributed by atoms with Gasteiger partial charge in [-0.05, 0) is 30.9 Å². The molecule has 1 saturated heterocycles. The van der Waals surface area contributed by atoms with Gasteiger partial charge in [0.15, 0.2) is 5.76 Å². The van der Waals surface area contributed by atoms with Crippen LogP contribution in [0.25, 0.3) is 22.7 Å². The molecule has 3 aromatic rings. The van der Waals surface area contributed by atoms with Crippen LogP contribution in [0.15, 0.2) is 47.6 Å². The quantitative estimate of drug-likeness (QED) is 0.736. The second kappa shape index (κ2) is 6.39. The molecule has 24 heavy (non-hydrogen) atoms. The first-order valence-corrected chi connectivity index (χ1v) is 8.23. The van der Waals surface area contributed by atoms with Gasteiger partial charge in [0.25, 0.3) is 0 Å². The average Bonchev–Trinajstić information content (AvgIpc) is 3.16. The van der Waals surface area contributed by atoms with Crippen molar-refractivity contribution in [1.82, 2.24) is 19.9 Å². The largest absolute Gasteiger partial charge is 0.463 e. The van der Waals surface area contributed by atoms with Crippen LogP contribution in [0.5, 0.6) is 0 Å². The fraction of sp³-hybridized carbons (Fsp3) is 0.333. The Morgan fingerprint density at radius 1 is 1.21 bits per heavy atom. The van der Waals surface area contributed by atoms with Gasteiger partial charge in [0.05, 0.1) is 18.2 Å². The SMILES string of the molecule is CC1CCCN(c2ncc(-c3cnccn3)c(-c3ccco3)n2)C1. The fourth-order valence-electron chi connectivity index (χ4n) is 3.12. The first kappa shape index (κ1) is 14.8. The van der Waals surface area contributed by atoms with E-state index in [1.54, 1.807) is 24.9 Å². The maximum atomic E-state index is 5.59. The number of nitrogens with zero attached hydrogens (tertiary/aromatic N) is 5. The van der Waals surface area contributed by atoms with Crippen molar-refractivity contribution in [2.75, 3.05) is 18.0 Å². The highest BCUT2D eigenvalue weighted by Crippen LogP contribution is 2.31. The molecular weight excluding hydrogens is 302 g/mol. The molecule has 3 aromatic heterocycles. The molecule has 6 nitrogen and oxygen atoms in total. The normalized spacial score (nSPS) is 17.9. The van der Waals surface area contributed by atoms with Crippen molar-refractivity contribution in [1.29, 1.82) is 0 Å². The third kappa shape index (κ3) is 2.87. The number of furan rings is 1. The van der Waals surface area contributed by atoms with Gasteiger partial charge in [-0.2, -0.15) is 0 Å². The molecule has 0 amide bonds. The summed E-state index contributed by atoms with van der Waals surface area (Å²) in [6.07, 6.45) is 10.9. The summed E-state index contributed by atoms with van der Waals surface area (Å²) in [5.41, 5.74) is 2.32. The molecule has 4 heterocycles. The van der Waals surface area contributed by atoms with E-state index in [4.69, 9.17) is 9.40 Å². The molecule has 0 N–H and O–H groups in total. The molecule has 0 aliphatic carbocycles. The van der Waals surface area contributed by atoms with Crippen LogP contribution < -0.4 is 4.90 Å². The molecule has 0 radical (unpaired) electrons. The summed E-state index contributed by atoms with van der Waals surface area (Å²) >= 11 is 0. The Bertz CT molecular complexity index is 804. The van der Waals surface area contributed by atoms with Gasteiger partial charge in [0.2, 0.25) is 5.95 Å². The lowest BCUT2D eigenvalue weighted by Gasteiger charge is -2.31. The summed E-state index contributed by atoms with van der Waals surface area (Å²) in [7, 11) is 0. The van der Waals surface area contributed by atoms with E-state index in [9.17, 15) is 0 Å². The van der Waals surface area contributed by atoms with Crippen LogP contribution in [0.3, 0.4) is 0 Å². The zero-order chi connectivity index (χ0) is 16.4. The molecule has 122 valence electrons. The van der Waals surface area contributed by atoms with Crippen molar-refractivity contribution in [3.63, 3.8) is 0 Å². The van der Waals surface area contributed by atoms with E-state index in [-0.39, 0.29) is 0 Å². The third-order valence-electron chi connectivity index (χ3n) is 4.31. The monoisotopic (exact) mass is 321 g/mol. The maximum Gasteiger partial charge on any atom is 0.226 e. The van der Waals surface area contributed by atoms with Crippen LogP contribution in [-0.2, 0) is 0 Å². The molecule has 1 aliphatic rings. The number of piperidine rings is 1. The molecular formula is C18H19N5O. The van der Waals surface area contributed by atoms with Crippen LogP contribution in [-0.4, -0.2) is 33.0 Å². The summed E-state index contributed by atoms with van der Waals surface area (Å²) in [5, 5.41) is 0. The highest BCUT2D eigenvalue weighted by molar-refractivity contribution is 5.76. The number of hydrogen-bond acceptors (Lipinski definition) is 6. The summed E-state index contributed by atoms with van der Waals surface area (Å²) in [6.45, 7) is 4.25. The van der Waals surface area contributed by atoms with Crippen LogP contribution >= 0.6 is 0 Å². The minimum atomic E-state index is 0.661. The molecule has 1 unspecified atom stereocenters. The predicted molar refractivity (Wildman–Crippen MR) is 91.4 cm³/mol. The second-order valence-electron chi connectivity index (χ2n) is 6.19. The van der Waals surface area contributed by atoms with Gasteiger partial charge >= 0.3 is 0 Å². The predicted octanol–water partition coefficient (Wildman–Crippen LogP) is 3.43. The van der Waals surface area contributed by atoms with Crippen molar-refractivity contribution in [3.8, 4) is 22.7 Å². The highest BCUT2D eigenvalue weighted by Gasteiger charge is 2.21. The van der Waals surface area contributed by atoms with Crippen LogP contribution in [0.2, 0.25) is 0 Å². The number of aromatic nitrogens is 4. The van der Waals surface area contributed by atoms with E-state index in [0.29, 0.717) is 11.7 Å². The van der Waals surface area contributed by atoms with Gasteiger partial charge in [0, 0.05) is 37.2 Å². The Labute approximate surface area is 140 Å². The van der Waals surface area contributed by atoms with Gasteiger partial charge in [-0.15, -0.1) is 0 Å². The molecule has 6 heteroatoms. The highest BCUT2D eigenvalue weighted by atomic mass is 16.3. The molecule has 1 fully saturated rings. The first-order chi connectivity index (χ1) is 11.8. The molecule has 0 saturated carbocycles. The third-order valence-corrected chi connectivity index (χ3v) is 4.31. The lowest BCUT2D eigenvalue weighted by molar-refractivity contribution is 0.442. The first-order valence-electron chi connectivity index (χ1n) is 8.23. The smallest absolute Gasteiger partial charge is 0.226 e. The van der Waals surface area contributed by atoms with Crippen molar-refractivity contribution in [3.05, 3.63) is 43.2 Å². The molecule has 1 aliphatic heterocycles. The van der Waals surface area contributed by atoms with Gasteiger partial charge in [-0.3, -0.25) is 9.97 Å². The van der Waals surface area contributed by atoms with E-state index < -0.39 is 0 Å². The topological polar surface area (TPSA) is 67.9 Å². The average molecular weight is 321 g/mol. The second-order valence-corrected chi connectivity index (χ2v) is 6.19. The van der Waals surface area contributed by atoms with Gasteiger partial charge in [-0.25, -0.2) is 9.97 Å². The molecule has 0 bridgehead atoms. The van der Waals surface area contributed by atoms with Crippen molar-refractivity contribution in [2.45, 2.75) is 19.8 Å². The minimum absolute atomic E-state index is 0.661. The molecule has 0 aromatic carbocycles. The summed E-state index contributed by atoms with van der Waals surface area (Å²) < 4.78 is 5.59. The van der Waals surface area contributed by atoms with Gasteiger partial charge in [-0.1, -0.05) is 6.92 Å². The van der Waals surface area contributed by atoms with Crippen molar-refractivity contribution in [2.24, 2.45) is 5.92 Å². The maximum absolute atomic E-state index is 5.59. The number of hydrogen-bond donors (Lipinski definition) is 0. The van der Waals surface area contributed by atoms with E-state index in [2.05, 4.69) is 26.8 Å². The Morgan fingerprint density at radius 2 is 2.17 bits per heavy atom. The number of anilines is 1. The Hall–Kier alpha value is -2.76. The van der Waals surface area contributed by atoms with Crippen LogP contribution in [0, 0.1) is 5.92 Å². The lowest BCUT2D eigenvalue weighted by atomic mass is 10.0. The van der Waals surface area contributed by atoms with E-state index in [1.807, 2.05) is 18.3 Å². The molecule has 1 atom stereocenters. The zero-order valence-electron chi connectivity index (χ0n) is 13.6. The Morgan fingerprint density at radius 3 is 2.92 bits per heavy atom. The summed E-state index contributed by atoms with van der Waals surface area (Å²) in [5.74, 6) is 2.12. The van der Waals surface area contributed by atoms with E-state index >= 15 is 0 Å². The zero-order valence-corrected chi connectivity index (χ0v) is 13.6. The number of rotatable bonds is 3. The van der Waals surface area contributed by atoms with Crippen LogP contribution in [0.4, 0.5) is 5.95 Å². The van der Waals surface area contributed by atoms with E-state index in [0.717, 1.165) is 36.0 Å². The summed E-state index contributed by atoms with van der Waals surface area (Å²) in [6, 6.07) is 3.77. The van der Waals surface area contributed by atoms with Crippen LogP contribution in [0.1, 0.15) is 19.8 Å². The molecule has 0 spiro atoms. The Kier molecular flexibility index (Phi) is 3.94. The fourth-order valence-corrected chi connectivity index (χ4v) is 3.12. The Balaban J connectivity index is 1.78. The van der Waals surface area contributed by atoms with Gasteiger partial charge in [0.1, 0.15) is 5.69 Å². The summed E-state index contributed by atoms with van der Waals surface area (Å²) in [4.78, 5) is 20.2. The van der Waals surface area contributed by atoms with Crippen molar-refractivity contribution < 1.29 is 4.42 Å².